The number of aryl methyl sites for hydroxylation is 1. The Morgan fingerprint density at radius 3 is 2.47 bits per heavy atom. The third kappa shape index (κ3) is 3.92. The number of ether oxygens (including phenoxy) is 1. The summed E-state index contributed by atoms with van der Waals surface area (Å²) in [7, 11) is 7.64. The van der Waals surface area contributed by atoms with E-state index < -0.39 is 0 Å². The average Bonchev–Trinajstić information content (AvgIpc) is 3.21. The molecule has 0 amide bonds. The molecule has 1 N–H and O–H groups in total. The minimum atomic E-state index is -0.246. The predicted octanol–water partition coefficient (Wildman–Crippen LogP) is 2.92. The van der Waals surface area contributed by atoms with Crippen molar-refractivity contribution in [1.29, 1.82) is 0 Å². The molecule has 0 unspecified atom stereocenters. The van der Waals surface area contributed by atoms with Crippen LogP contribution in [-0.4, -0.2) is 70.0 Å². The van der Waals surface area contributed by atoms with E-state index in [9.17, 15) is 4.79 Å². The fourth-order valence-corrected chi connectivity index (χ4v) is 4.64. The number of methoxy groups -OCH3 is 1. The lowest BCUT2D eigenvalue weighted by Crippen LogP contribution is -2.42. The van der Waals surface area contributed by atoms with Crippen LogP contribution in [0.1, 0.15) is 12.8 Å². The number of nitrogens with one attached hydrogen (secondary N) is 1. The van der Waals surface area contributed by atoms with Crippen LogP contribution in [0.15, 0.2) is 47.3 Å². The van der Waals surface area contributed by atoms with Gasteiger partial charge in [-0.3, -0.25) is 4.79 Å². The number of rotatable bonds is 5. The standard InChI is InChI=1S/C25H29N7O2/c1-30(2)17-12-14-32(15-13-17)19-11-10-18(25(26-19)34-4)22-27-23-20(24(33)28-22)21(29-31(23)3)16-8-6-5-7-9-16/h5-11,17H,12-15H2,1-4H3,(H,27,28,33). The fourth-order valence-electron chi connectivity index (χ4n) is 4.64. The summed E-state index contributed by atoms with van der Waals surface area (Å²) in [5.41, 5.74) is 2.38. The molecule has 1 aromatic carbocycles. The summed E-state index contributed by atoms with van der Waals surface area (Å²) in [5, 5.41) is 5.03. The van der Waals surface area contributed by atoms with Crippen molar-refractivity contribution in [2.24, 2.45) is 7.05 Å². The summed E-state index contributed by atoms with van der Waals surface area (Å²) in [6.45, 7) is 1.88. The number of fused-ring (bicyclic) bond motifs is 1. The number of pyridine rings is 1. The molecule has 0 radical (unpaired) electrons. The van der Waals surface area contributed by atoms with E-state index in [-0.39, 0.29) is 5.56 Å². The van der Waals surface area contributed by atoms with Gasteiger partial charge in [0.2, 0.25) is 5.88 Å². The van der Waals surface area contributed by atoms with Crippen LogP contribution in [0.2, 0.25) is 0 Å². The molecule has 0 saturated carbocycles. The van der Waals surface area contributed by atoms with E-state index in [0.29, 0.717) is 40.0 Å². The number of aromatic amines is 1. The number of hydrogen-bond acceptors (Lipinski definition) is 7. The van der Waals surface area contributed by atoms with E-state index in [4.69, 9.17) is 14.7 Å². The summed E-state index contributed by atoms with van der Waals surface area (Å²) in [4.78, 5) is 30.1. The van der Waals surface area contributed by atoms with Gasteiger partial charge in [-0.1, -0.05) is 30.3 Å². The molecule has 1 fully saturated rings. The topological polar surface area (TPSA) is 92.2 Å². The molecule has 0 aliphatic carbocycles. The maximum absolute atomic E-state index is 13.2. The van der Waals surface area contributed by atoms with Gasteiger partial charge in [0.1, 0.15) is 22.7 Å². The zero-order valence-electron chi connectivity index (χ0n) is 19.9. The average molecular weight is 460 g/mol. The van der Waals surface area contributed by atoms with Crippen molar-refractivity contribution in [2.75, 3.05) is 39.2 Å². The fraction of sp³-hybridized carbons (Fsp3) is 0.360. The van der Waals surface area contributed by atoms with Crippen molar-refractivity contribution < 1.29 is 4.74 Å². The molecule has 0 bridgehead atoms. The van der Waals surface area contributed by atoms with E-state index in [1.165, 1.54) is 0 Å². The van der Waals surface area contributed by atoms with Crippen LogP contribution in [0.4, 0.5) is 5.82 Å². The number of benzene rings is 1. The van der Waals surface area contributed by atoms with Crippen molar-refractivity contribution in [3.63, 3.8) is 0 Å². The van der Waals surface area contributed by atoms with E-state index in [1.54, 1.807) is 18.8 Å². The smallest absolute Gasteiger partial charge is 0.262 e. The third-order valence-corrected chi connectivity index (χ3v) is 6.55. The van der Waals surface area contributed by atoms with Gasteiger partial charge in [0, 0.05) is 31.7 Å². The summed E-state index contributed by atoms with van der Waals surface area (Å²) in [6.07, 6.45) is 2.18. The molecule has 0 atom stereocenters. The first kappa shape index (κ1) is 22.1. The lowest BCUT2D eigenvalue weighted by molar-refractivity contribution is 0.249. The molecule has 5 rings (SSSR count). The number of anilines is 1. The van der Waals surface area contributed by atoms with Crippen LogP contribution < -0.4 is 15.2 Å². The summed E-state index contributed by atoms with van der Waals surface area (Å²) in [6, 6.07) is 14.1. The van der Waals surface area contributed by atoms with Crippen LogP contribution >= 0.6 is 0 Å². The molecule has 4 aromatic rings. The molecule has 1 aliphatic rings. The number of nitrogens with zero attached hydrogens (tertiary/aromatic N) is 6. The van der Waals surface area contributed by atoms with Gasteiger partial charge in [-0.05, 0) is 39.1 Å². The minimum Gasteiger partial charge on any atom is -0.480 e. The molecule has 9 nitrogen and oxygen atoms in total. The second kappa shape index (κ2) is 8.90. The van der Waals surface area contributed by atoms with E-state index in [1.807, 2.05) is 42.5 Å². The highest BCUT2D eigenvalue weighted by Crippen LogP contribution is 2.31. The summed E-state index contributed by atoms with van der Waals surface area (Å²) >= 11 is 0. The van der Waals surface area contributed by atoms with Crippen LogP contribution in [0.25, 0.3) is 33.7 Å². The van der Waals surface area contributed by atoms with Gasteiger partial charge in [0.25, 0.3) is 5.56 Å². The van der Waals surface area contributed by atoms with Crippen molar-refractivity contribution >= 4 is 16.9 Å². The maximum Gasteiger partial charge on any atom is 0.262 e. The van der Waals surface area contributed by atoms with Crippen LogP contribution in [0, 0.1) is 0 Å². The molecule has 34 heavy (non-hydrogen) atoms. The Bertz CT molecular complexity index is 1370. The third-order valence-electron chi connectivity index (χ3n) is 6.55. The number of aromatic nitrogens is 5. The van der Waals surface area contributed by atoms with Gasteiger partial charge in [0.15, 0.2) is 5.65 Å². The predicted molar refractivity (Wildman–Crippen MR) is 133 cm³/mol. The first-order valence-corrected chi connectivity index (χ1v) is 11.5. The Morgan fingerprint density at radius 1 is 1.06 bits per heavy atom. The second-order valence-electron chi connectivity index (χ2n) is 8.86. The van der Waals surface area contributed by atoms with Gasteiger partial charge in [-0.25, -0.2) is 9.67 Å². The van der Waals surface area contributed by atoms with Crippen molar-refractivity contribution in [1.82, 2.24) is 29.6 Å². The van der Waals surface area contributed by atoms with Crippen molar-refractivity contribution in [2.45, 2.75) is 18.9 Å². The van der Waals surface area contributed by atoms with Crippen LogP contribution in [0.5, 0.6) is 5.88 Å². The van der Waals surface area contributed by atoms with E-state index in [2.05, 4.69) is 34.0 Å². The molecule has 3 aromatic heterocycles. The Balaban J connectivity index is 1.51. The largest absolute Gasteiger partial charge is 0.480 e. The summed E-state index contributed by atoms with van der Waals surface area (Å²) in [5.74, 6) is 1.70. The molecule has 9 heteroatoms. The minimum absolute atomic E-state index is 0.246. The number of H-pyrrole nitrogens is 1. The molecule has 1 saturated heterocycles. The highest BCUT2D eigenvalue weighted by atomic mass is 16.5. The van der Waals surface area contributed by atoms with Gasteiger partial charge >= 0.3 is 0 Å². The molecular weight excluding hydrogens is 430 g/mol. The monoisotopic (exact) mass is 459 g/mol. The van der Waals surface area contributed by atoms with Gasteiger partial charge in [-0.2, -0.15) is 10.1 Å². The molecule has 0 spiro atoms. The Hall–Kier alpha value is -3.72. The normalized spacial score (nSPS) is 14.8. The van der Waals surface area contributed by atoms with Gasteiger partial charge in [-0.15, -0.1) is 0 Å². The van der Waals surface area contributed by atoms with Crippen LogP contribution in [0.3, 0.4) is 0 Å². The van der Waals surface area contributed by atoms with Crippen molar-refractivity contribution in [3.05, 3.63) is 52.8 Å². The zero-order chi connectivity index (χ0) is 23.8. The lowest BCUT2D eigenvalue weighted by atomic mass is 10.0. The Kier molecular flexibility index (Phi) is 5.79. The first-order chi connectivity index (χ1) is 16.5. The highest BCUT2D eigenvalue weighted by molar-refractivity contribution is 5.91. The lowest BCUT2D eigenvalue weighted by Gasteiger charge is -2.35. The Morgan fingerprint density at radius 2 is 1.79 bits per heavy atom. The SMILES string of the molecule is COc1nc(N2CCC(N(C)C)CC2)ccc1-c1nc2c(c(-c3ccccc3)nn2C)c(=O)[nH]1. The van der Waals surface area contributed by atoms with E-state index >= 15 is 0 Å². The van der Waals surface area contributed by atoms with Gasteiger partial charge in [0.05, 0.1) is 12.7 Å². The van der Waals surface area contributed by atoms with Gasteiger partial charge < -0.3 is 19.5 Å². The molecular formula is C25H29N7O2. The first-order valence-electron chi connectivity index (χ1n) is 11.5. The van der Waals surface area contributed by atoms with Crippen molar-refractivity contribution in [3.8, 4) is 28.5 Å². The molecule has 1 aliphatic heterocycles. The maximum atomic E-state index is 13.2. The number of hydrogen-bond donors (Lipinski definition) is 1. The summed E-state index contributed by atoms with van der Waals surface area (Å²) < 4.78 is 7.26. The second-order valence-corrected chi connectivity index (χ2v) is 8.86. The zero-order valence-corrected chi connectivity index (χ0v) is 19.9. The quantitative estimate of drug-likeness (QED) is 0.491. The molecule has 176 valence electrons. The number of piperidine rings is 1. The Labute approximate surface area is 198 Å². The van der Waals surface area contributed by atoms with E-state index in [0.717, 1.165) is 37.3 Å². The van der Waals surface area contributed by atoms with Crippen LogP contribution in [-0.2, 0) is 7.05 Å². The highest BCUT2D eigenvalue weighted by Gasteiger charge is 2.23. The molecule has 4 heterocycles.